The largest absolute Gasteiger partial charge is 0.476 e. The Labute approximate surface area is 103 Å². The van der Waals surface area contributed by atoms with Gasteiger partial charge >= 0.3 is 5.97 Å². The minimum Gasteiger partial charge on any atom is -0.476 e. The number of benzene rings is 1. The highest BCUT2D eigenvalue weighted by Crippen LogP contribution is 2.25. The van der Waals surface area contributed by atoms with Crippen molar-refractivity contribution in [3.8, 4) is 5.69 Å². The van der Waals surface area contributed by atoms with E-state index in [-0.39, 0.29) is 15.9 Å². The van der Waals surface area contributed by atoms with E-state index in [1.807, 2.05) is 0 Å². The molecule has 2 rings (SSSR count). The summed E-state index contributed by atoms with van der Waals surface area (Å²) < 4.78 is 27.7. The van der Waals surface area contributed by atoms with Crippen molar-refractivity contribution in [2.45, 2.75) is 0 Å². The maximum atomic E-state index is 13.5. The van der Waals surface area contributed by atoms with Gasteiger partial charge in [0.05, 0.1) is 5.69 Å². The van der Waals surface area contributed by atoms with Crippen molar-refractivity contribution in [2.24, 2.45) is 0 Å². The van der Waals surface area contributed by atoms with Gasteiger partial charge in [0.25, 0.3) is 0 Å². The molecule has 0 radical (unpaired) electrons. The van der Waals surface area contributed by atoms with Gasteiger partial charge in [0.1, 0.15) is 12.1 Å². The molecule has 1 aromatic heterocycles. The lowest BCUT2D eigenvalue weighted by molar-refractivity contribution is 0.0691. The first-order valence-corrected chi connectivity index (χ1v) is 5.20. The normalized spacial score (nSPS) is 10.5. The first kappa shape index (κ1) is 11.7. The number of aromatic nitrogens is 2. The summed E-state index contributed by atoms with van der Waals surface area (Å²) in [7, 11) is 0. The van der Waals surface area contributed by atoms with Crippen molar-refractivity contribution in [1.29, 1.82) is 0 Å². The second-order valence-corrected chi connectivity index (χ2v) is 4.04. The highest BCUT2D eigenvalue weighted by Gasteiger charge is 2.14. The maximum Gasteiger partial charge on any atom is 0.356 e. The molecular formula is C10H5BrF2N2O2. The number of carboxylic acids is 1. The summed E-state index contributed by atoms with van der Waals surface area (Å²) >= 11 is 3.00. The van der Waals surface area contributed by atoms with Gasteiger partial charge in [-0.1, -0.05) is 0 Å². The molecule has 0 aliphatic heterocycles. The van der Waals surface area contributed by atoms with E-state index >= 15 is 0 Å². The fraction of sp³-hybridized carbons (Fsp3) is 0. The van der Waals surface area contributed by atoms with E-state index in [1.54, 1.807) is 0 Å². The van der Waals surface area contributed by atoms with Crippen LogP contribution in [0.4, 0.5) is 8.78 Å². The number of imidazole rings is 1. The van der Waals surface area contributed by atoms with Gasteiger partial charge in [-0.2, -0.15) is 0 Å². The molecule has 0 bridgehead atoms. The zero-order valence-electron chi connectivity index (χ0n) is 8.19. The highest BCUT2D eigenvalue weighted by molar-refractivity contribution is 9.10. The summed E-state index contributed by atoms with van der Waals surface area (Å²) in [4.78, 5) is 14.2. The molecule has 0 saturated heterocycles. The van der Waals surface area contributed by atoms with Crippen LogP contribution in [0.3, 0.4) is 0 Å². The molecule has 0 fully saturated rings. The number of carboxylic acid groups (broad SMARTS) is 1. The Morgan fingerprint density at radius 1 is 1.41 bits per heavy atom. The van der Waals surface area contributed by atoms with Crippen LogP contribution in [-0.4, -0.2) is 20.6 Å². The Morgan fingerprint density at radius 2 is 2.12 bits per heavy atom. The first-order chi connectivity index (χ1) is 7.99. The summed E-state index contributed by atoms with van der Waals surface area (Å²) in [5.74, 6) is -2.76. The minimum absolute atomic E-state index is 0.00593. The van der Waals surface area contributed by atoms with E-state index in [2.05, 4.69) is 20.9 Å². The molecule has 0 spiro atoms. The second-order valence-electron chi connectivity index (χ2n) is 3.19. The van der Waals surface area contributed by atoms with Crippen LogP contribution in [0.5, 0.6) is 0 Å². The average molecular weight is 303 g/mol. The van der Waals surface area contributed by atoms with Crippen molar-refractivity contribution >= 4 is 21.9 Å². The van der Waals surface area contributed by atoms with Gasteiger partial charge < -0.3 is 9.67 Å². The summed E-state index contributed by atoms with van der Waals surface area (Å²) in [6, 6.07) is 1.79. The lowest BCUT2D eigenvalue weighted by Crippen LogP contribution is -1.99. The van der Waals surface area contributed by atoms with E-state index in [4.69, 9.17) is 5.11 Å². The zero-order valence-corrected chi connectivity index (χ0v) is 9.78. The number of rotatable bonds is 2. The molecule has 0 amide bonds. The maximum absolute atomic E-state index is 13.5. The number of aromatic carboxylic acids is 1. The number of nitrogens with zero attached hydrogens (tertiary/aromatic N) is 2. The Balaban J connectivity index is 2.56. The number of hydrogen-bond acceptors (Lipinski definition) is 2. The molecule has 1 N–H and O–H groups in total. The standard InChI is InChI=1S/C10H5BrF2N2O2/c11-6-1-5(12)2-7(13)9(6)15-3-8(10(16)17)14-4-15/h1-4H,(H,16,17). The third-order valence-electron chi connectivity index (χ3n) is 2.04. The third-order valence-corrected chi connectivity index (χ3v) is 2.65. The van der Waals surface area contributed by atoms with E-state index in [9.17, 15) is 13.6 Å². The van der Waals surface area contributed by atoms with Crippen LogP contribution >= 0.6 is 15.9 Å². The predicted molar refractivity (Wildman–Crippen MR) is 58.1 cm³/mol. The van der Waals surface area contributed by atoms with Gasteiger partial charge in [-0.25, -0.2) is 18.6 Å². The molecule has 1 heterocycles. The molecule has 0 saturated carbocycles. The van der Waals surface area contributed by atoms with Crippen molar-refractivity contribution in [3.05, 3.63) is 46.5 Å². The van der Waals surface area contributed by atoms with Crippen LogP contribution in [0, 0.1) is 11.6 Å². The van der Waals surface area contributed by atoms with Gasteiger partial charge in [-0.3, -0.25) is 0 Å². The quantitative estimate of drug-likeness (QED) is 0.928. The molecule has 17 heavy (non-hydrogen) atoms. The van der Waals surface area contributed by atoms with E-state index in [0.29, 0.717) is 6.07 Å². The lowest BCUT2D eigenvalue weighted by Gasteiger charge is -2.06. The smallest absolute Gasteiger partial charge is 0.356 e. The van der Waals surface area contributed by atoms with E-state index in [0.717, 1.165) is 18.6 Å². The van der Waals surface area contributed by atoms with Crippen LogP contribution in [0.25, 0.3) is 5.69 Å². The van der Waals surface area contributed by atoms with E-state index in [1.165, 1.54) is 4.57 Å². The molecule has 4 nitrogen and oxygen atoms in total. The van der Waals surface area contributed by atoms with Crippen LogP contribution < -0.4 is 0 Å². The number of halogens is 3. The molecule has 0 aliphatic carbocycles. The van der Waals surface area contributed by atoms with Crippen molar-refractivity contribution in [2.75, 3.05) is 0 Å². The van der Waals surface area contributed by atoms with Crippen molar-refractivity contribution in [3.63, 3.8) is 0 Å². The Kier molecular flexibility index (Phi) is 2.93. The monoisotopic (exact) mass is 302 g/mol. The Hall–Kier alpha value is -1.76. The third kappa shape index (κ3) is 2.19. The van der Waals surface area contributed by atoms with Gasteiger partial charge in [0.2, 0.25) is 0 Å². The fourth-order valence-electron chi connectivity index (χ4n) is 1.34. The minimum atomic E-state index is -1.22. The van der Waals surface area contributed by atoms with Crippen molar-refractivity contribution < 1.29 is 18.7 Å². The second kappa shape index (κ2) is 4.25. The lowest BCUT2D eigenvalue weighted by atomic mass is 10.3. The number of hydrogen-bond donors (Lipinski definition) is 1. The Morgan fingerprint density at radius 3 is 2.65 bits per heavy atom. The van der Waals surface area contributed by atoms with Gasteiger partial charge in [0.15, 0.2) is 11.5 Å². The zero-order chi connectivity index (χ0) is 12.6. The summed E-state index contributed by atoms with van der Waals surface area (Å²) in [5, 5.41) is 8.69. The number of carbonyl (C=O) groups is 1. The van der Waals surface area contributed by atoms with Crippen LogP contribution in [0.15, 0.2) is 29.1 Å². The van der Waals surface area contributed by atoms with Gasteiger partial charge in [0, 0.05) is 16.7 Å². The van der Waals surface area contributed by atoms with Crippen LogP contribution in [0.1, 0.15) is 10.5 Å². The van der Waals surface area contributed by atoms with E-state index < -0.39 is 17.6 Å². The van der Waals surface area contributed by atoms with Crippen LogP contribution in [0.2, 0.25) is 0 Å². The molecule has 2 aromatic rings. The fourth-order valence-corrected chi connectivity index (χ4v) is 1.95. The highest BCUT2D eigenvalue weighted by atomic mass is 79.9. The summed E-state index contributed by atoms with van der Waals surface area (Å²) in [6.45, 7) is 0. The molecule has 7 heteroatoms. The van der Waals surface area contributed by atoms with Gasteiger partial charge in [-0.05, 0) is 22.0 Å². The summed E-state index contributed by atoms with van der Waals surface area (Å²) in [5.41, 5.74) is -0.216. The molecule has 88 valence electrons. The average Bonchev–Trinajstić information content (AvgIpc) is 2.65. The topological polar surface area (TPSA) is 55.1 Å². The molecule has 1 aromatic carbocycles. The summed E-state index contributed by atoms with van der Waals surface area (Å²) in [6.07, 6.45) is 2.29. The molecule has 0 atom stereocenters. The Bertz CT molecular complexity index is 575. The predicted octanol–water partition coefficient (Wildman–Crippen LogP) is 2.61. The molecule has 0 aliphatic rings. The first-order valence-electron chi connectivity index (χ1n) is 4.41. The SMILES string of the molecule is O=C(O)c1cn(-c2c(F)cc(F)cc2Br)cn1. The molecular weight excluding hydrogens is 298 g/mol. The molecule has 0 unspecified atom stereocenters. The van der Waals surface area contributed by atoms with Crippen LogP contribution in [-0.2, 0) is 0 Å². The van der Waals surface area contributed by atoms with Gasteiger partial charge in [-0.15, -0.1) is 0 Å². The van der Waals surface area contributed by atoms with Crippen molar-refractivity contribution in [1.82, 2.24) is 9.55 Å².